The smallest absolute Gasteiger partial charge is 0.409 e. The van der Waals surface area contributed by atoms with Crippen molar-refractivity contribution in [3.63, 3.8) is 0 Å². The van der Waals surface area contributed by atoms with E-state index in [1.165, 1.54) is 7.11 Å². The van der Waals surface area contributed by atoms with E-state index in [1.807, 2.05) is 6.92 Å². The van der Waals surface area contributed by atoms with Crippen molar-refractivity contribution < 1.29 is 9.53 Å². The van der Waals surface area contributed by atoms with E-state index in [-0.39, 0.29) is 18.2 Å². The molecule has 3 rings (SSSR count). The topological polar surface area (TPSA) is 87.2 Å². The van der Waals surface area contributed by atoms with Crippen LogP contribution in [0.1, 0.15) is 19.5 Å². The summed E-state index contributed by atoms with van der Waals surface area (Å²) >= 11 is 0. The molecular formula is C14H20N6O2. The van der Waals surface area contributed by atoms with Crippen molar-refractivity contribution in [1.82, 2.24) is 25.1 Å². The number of hydrogen-bond donors (Lipinski definition) is 1. The molecule has 3 heterocycles. The van der Waals surface area contributed by atoms with Crippen LogP contribution in [0.15, 0.2) is 6.20 Å². The lowest BCUT2D eigenvalue weighted by Crippen LogP contribution is -2.58. The SMILES string of the molecule is COC(=O)N1CC(C)N(c2ncc3n[nH]c(C)c3n2)C(C)C1. The third-order valence-electron chi connectivity index (χ3n) is 4.04. The van der Waals surface area contributed by atoms with Gasteiger partial charge in [-0.05, 0) is 20.8 Å². The minimum Gasteiger partial charge on any atom is -0.453 e. The number of methoxy groups -OCH3 is 1. The predicted octanol–water partition coefficient (Wildman–Crippen LogP) is 1.33. The molecule has 1 saturated heterocycles. The molecule has 0 aromatic carbocycles. The molecule has 0 spiro atoms. The highest BCUT2D eigenvalue weighted by Crippen LogP contribution is 2.23. The number of amides is 1. The van der Waals surface area contributed by atoms with Gasteiger partial charge in [-0.1, -0.05) is 0 Å². The Morgan fingerprint density at radius 3 is 2.68 bits per heavy atom. The number of H-pyrrole nitrogens is 1. The van der Waals surface area contributed by atoms with E-state index in [4.69, 9.17) is 4.74 Å². The Morgan fingerprint density at radius 2 is 2.05 bits per heavy atom. The minimum absolute atomic E-state index is 0.104. The van der Waals surface area contributed by atoms with Crippen LogP contribution >= 0.6 is 0 Å². The number of carbonyl (C=O) groups excluding carboxylic acids is 1. The largest absolute Gasteiger partial charge is 0.453 e. The molecule has 0 aliphatic carbocycles. The van der Waals surface area contributed by atoms with Crippen molar-refractivity contribution in [3.05, 3.63) is 11.9 Å². The summed E-state index contributed by atoms with van der Waals surface area (Å²) in [5.74, 6) is 0.668. The van der Waals surface area contributed by atoms with Gasteiger partial charge >= 0.3 is 6.09 Å². The molecule has 1 aliphatic heterocycles. The van der Waals surface area contributed by atoms with Gasteiger partial charge in [0.25, 0.3) is 0 Å². The van der Waals surface area contributed by atoms with Gasteiger partial charge in [-0.3, -0.25) is 5.10 Å². The van der Waals surface area contributed by atoms with Gasteiger partial charge in [-0.15, -0.1) is 0 Å². The molecule has 2 aromatic rings. The zero-order chi connectivity index (χ0) is 15.9. The minimum atomic E-state index is -0.291. The van der Waals surface area contributed by atoms with Gasteiger partial charge in [0.1, 0.15) is 11.0 Å². The number of aromatic amines is 1. The van der Waals surface area contributed by atoms with Crippen LogP contribution in [0.2, 0.25) is 0 Å². The van der Waals surface area contributed by atoms with E-state index in [1.54, 1.807) is 11.1 Å². The number of piperazine rings is 1. The standard InChI is InChI=1S/C14H20N6O2/c1-8-6-19(14(21)22-4)7-9(2)20(8)13-15-5-11-12(16-13)10(3)17-18-11/h5,8-9H,6-7H2,1-4H3,(H,17,18). The van der Waals surface area contributed by atoms with E-state index < -0.39 is 0 Å². The van der Waals surface area contributed by atoms with Crippen molar-refractivity contribution >= 4 is 23.1 Å². The second-order valence-electron chi connectivity index (χ2n) is 5.73. The predicted molar refractivity (Wildman–Crippen MR) is 81.8 cm³/mol. The van der Waals surface area contributed by atoms with Crippen LogP contribution in [-0.2, 0) is 4.74 Å². The number of aromatic nitrogens is 4. The highest BCUT2D eigenvalue weighted by Gasteiger charge is 2.34. The van der Waals surface area contributed by atoms with Crippen molar-refractivity contribution in [3.8, 4) is 0 Å². The number of hydrogen-bond acceptors (Lipinski definition) is 6. The highest BCUT2D eigenvalue weighted by molar-refractivity contribution is 5.77. The molecule has 0 radical (unpaired) electrons. The average Bonchev–Trinajstić information content (AvgIpc) is 2.87. The van der Waals surface area contributed by atoms with Crippen molar-refractivity contribution in [2.45, 2.75) is 32.9 Å². The zero-order valence-corrected chi connectivity index (χ0v) is 13.2. The Hall–Kier alpha value is -2.38. The van der Waals surface area contributed by atoms with Crippen LogP contribution in [0.3, 0.4) is 0 Å². The summed E-state index contributed by atoms with van der Waals surface area (Å²) < 4.78 is 4.82. The number of rotatable bonds is 1. The lowest BCUT2D eigenvalue weighted by Gasteiger charge is -2.43. The molecule has 1 fully saturated rings. The Balaban J connectivity index is 1.89. The zero-order valence-electron chi connectivity index (χ0n) is 13.2. The lowest BCUT2D eigenvalue weighted by atomic mass is 10.1. The molecule has 22 heavy (non-hydrogen) atoms. The van der Waals surface area contributed by atoms with Gasteiger partial charge < -0.3 is 14.5 Å². The van der Waals surface area contributed by atoms with Crippen molar-refractivity contribution in [2.75, 3.05) is 25.1 Å². The summed E-state index contributed by atoms with van der Waals surface area (Å²) in [4.78, 5) is 24.7. The molecule has 2 aromatic heterocycles. The van der Waals surface area contributed by atoms with Crippen LogP contribution in [-0.4, -0.2) is 63.4 Å². The molecular weight excluding hydrogens is 284 g/mol. The molecule has 2 atom stereocenters. The Labute approximate surface area is 128 Å². The first-order valence-corrected chi connectivity index (χ1v) is 7.30. The fourth-order valence-electron chi connectivity index (χ4n) is 3.04. The van der Waals surface area contributed by atoms with Gasteiger partial charge in [-0.25, -0.2) is 14.8 Å². The van der Waals surface area contributed by atoms with Crippen molar-refractivity contribution in [2.24, 2.45) is 0 Å². The summed E-state index contributed by atoms with van der Waals surface area (Å²) in [5, 5.41) is 7.07. The molecule has 8 nitrogen and oxygen atoms in total. The quantitative estimate of drug-likeness (QED) is 0.855. The average molecular weight is 304 g/mol. The van der Waals surface area contributed by atoms with Crippen LogP contribution < -0.4 is 4.90 Å². The van der Waals surface area contributed by atoms with E-state index in [0.29, 0.717) is 19.0 Å². The monoisotopic (exact) mass is 304 g/mol. The van der Waals surface area contributed by atoms with Crippen molar-refractivity contribution in [1.29, 1.82) is 0 Å². The lowest BCUT2D eigenvalue weighted by molar-refractivity contribution is 0.109. The Kier molecular flexibility index (Phi) is 3.59. The van der Waals surface area contributed by atoms with E-state index in [2.05, 4.69) is 38.9 Å². The van der Waals surface area contributed by atoms with Gasteiger partial charge in [0, 0.05) is 25.2 Å². The van der Waals surface area contributed by atoms with Gasteiger partial charge in [-0.2, -0.15) is 5.10 Å². The number of fused-ring (bicyclic) bond motifs is 1. The fourth-order valence-corrected chi connectivity index (χ4v) is 3.04. The molecule has 1 amide bonds. The highest BCUT2D eigenvalue weighted by atomic mass is 16.5. The summed E-state index contributed by atoms with van der Waals surface area (Å²) in [6.45, 7) is 7.22. The van der Waals surface area contributed by atoms with Crippen LogP contribution in [0.4, 0.5) is 10.7 Å². The fraction of sp³-hybridized carbons (Fsp3) is 0.571. The molecule has 0 saturated carbocycles. The normalized spacial score (nSPS) is 22.2. The summed E-state index contributed by atoms with van der Waals surface area (Å²) in [6.07, 6.45) is 1.44. The third-order valence-corrected chi connectivity index (χ3v) is 4.04. The molecule has 118 valence electrons. The number of nitrogens with one attached hydrogen (secondary N) is 1. The molecule has 2 unspecified atom stereocenters. The molecule has 8 heteroatoms. The maximum atomic E-state index is 11.7. The van der Waals surface area contributed by atoms with Crippen LogP contribution in [0.5, 0.6) is 0 Å². The number of anilines is 1. The molecule has 0 bridgehead atoms. The van der Waals surface area contributed by atoms with E-state index >= 15 is 0 Å². The van der Waals surface area contributed by atoms with Gasteiger partial charge in [0.05, 0.1) is 19.0 Å². The first-order valence-electron chi connectivity index (χ1n) is 7.30. The summed E-state index contributed by atoms with van der Waals surface area (Å²) in [5.41, 5.74) is 2.52. The Bertz CT molecular complexity index is 688. The Morgan fingerprint density at radius 1 is 1.36 bits per heavy atom. The maximum absolute atomic E-state index is 11.7. The second kappa shape index (κ2) is 5.43. The van der Waals surface area contributed by atoms with E-state index in [0.717, 1.165) is 16.7 Å². The number of aryl methyl sites for hydroxylation is 1. The van der Waals surface area contributed by atoms with Gasteiger partial charge in [0.15, 0.2) is 0 Å². The second-order valence-corrected chi connectivity index (χ2v) is 5.73. The molecule has 1 N–H and O–H groups in total. The van der Waals surface area contributed by atoms with Crippen LogP contribution in [0.25, 0.3) is 11.0 Å². The van der Waals surface area contributed by atoms with E-state index in [9.17, 15) is 4.79 Å². The van der Waals surface area contributed by atoms with Crippen LogP contribution in [0, 0.1) is 6.92 Å². The first-order chi connectivity index (χ1) is 10.5. The third kappa shape index (κ3) is 2.34. The number of ether oxygens (including phenoxy) is 1. The maximum Gasteiger partial charge on any atom is 0.409 e. The first kappa shape index (κ1) is 14.6. The number of nitrogens with zero attached hydrogens (tertiary/aromatic N) is 5. The summed E-state index contributed by atoms with van der Waals surface area (Å²) in [7, 11) is 1.41. The van der Waals surface area contributed by atoms with Gasteiger partial charge in [0.2, 0.25) is 5.95 Å². The molecule has 1 aliphatic rings. The number of carbonyl (C=O) groups is 1. The summed E-state index contributed by atoms with van der Waals surface area (Å²) in [6, 6.07) is 0.208.